The van der Waals surface area contributed by atoms with Crippen LogP contribution < -0.4 is 20.9 Å². The maximum Gasteiger partial charge on any atom is 0.146 e. The van der Waals surface area contributed by atoms with Gasteiger partial charge in [-0.2, -0.15) is 0 Å². The number of likely N-dealkylation sites (N-methyl/N-ethyl adjacent to an activating group) is 1. The molecule has 0 amide bonds. The number of nitrogens with two attached hydrogens (primary N) is 2. The molecule has 1 rings (SSSR count). The van der Waals surface area contributed by atoms with Gasteiger partial charge >= 0.3 is 0 Å². The number of hydrogen-bond acceptors (Lipinski definition) is 5. The normalized spacial score (nSPS) is 10.5. The highest BCUT2D eigenvalue weighted by Crippen LogP contribution is 2.32. The Kier molecular flexibility index (Phi) is 4.25. The Morgan fingerprint density at radius 2 is 1.75 bits per heavy atom. The van der Waals surface area contributed by atoms with Crippen molar-refractivity contribution in [1.29, 1.82) is 0 Å². The highest BCUT2D eigenvalue weighted by molar-refractivity contribution is 5.67. The van der Waals surface area contributed by atoms with Gasteiger partial charge in [-0.1, -0.05) is 0 Å². The molecule has 0 spiro atoms. The first-order valence-electron chi connectivity index (χ1n) is 5.05. The van der Waals surface area contributed by atoms with E-state index in [0.29, 0.717) is 29.5 Å². The van der Waals surface area contributed by atoms with Crippen molar-refractivity contribution in [3.05, 3.63) is 12.1 Å². The molecule has 5 nitrogen and oxygen atoms in total. The lowest BCUT2D eigenvalue weighted by atomic mass is 10.2. The van der Waals surface area contributed by atoms with Crippen molar-refractivity contribution in [1.82, 2.24) is 4.90 Å². The SMILES string of the molecule is COc1cc(OCCN(C)C)c(N)cc1N. The second kappa shape index (κ2) is 5.46. The maximum atomic E-state index is 5.79. The van der Waals surface area contributed by atoms with E-state index in [1.165, 1.54) is 0 Å². The highest BCUT2D eigenvalue weighted by Gasteiger charge is 2.07. The molecule has 0 heterocycles. The molecule has 1 aromatic rings. The largest absolute Gasteiger partial charge is 0.494 e. The first-order chi connectivity index (χ1) is 7.54. The molecule has 5 heteroatoms. The summed E-state index contributed by atoms with van der Waals surface area (Å²) in [5, 5.41) is 0. The van der Waals surface area contributed by atoms with Crippen molar-refractivity contribution < 1.29 is 9.47 Å². The van der Waals surface area contributed by atoms with Crippen molar-refractivity contribution >= 4 is 11.4 Å². The summed E-state index contributed by atoms with van der Waals surface area (Å²) in [7, 11) is 5.53. The molecule has 0 aliphatic carbocycles. The van der Waals surface area contributed by atoms with E-state index in [-0.39, 0.29) is 0 Å². The molecule has 0 aliphatic rings. The van der Waals surface area contributed by atoms with Crippen molar-refractivity contribution in [2.75, 3.05) is 45.8 Å². The molecule has 0 aromatic heterocycles. The Balaban J connectivity index is 2.72. The summed E-state index contributed by atoms with van der Waals surface area (Å²) in [5.74, 6) is 1.18. The van der Waals surface area contributed by atoms with Crippen LogP contribution in [0.15, 0.2) is 12.1 Å². The Morgan fingerprint density at radius 1 is 1.12 bits per heavy atom. The van der Waals surface area contributed by atoms with E-state index in [0.717, 1.165) is 6.54 Å². The summed E-state index contributed by atoms with van der Waals surface area (Å²) in [4.78, 5) is 2.03. The second-order valence-electron chi connectivity index (χ2n) is 3.78. The van der Waals surface area contributed by atoms with Gasteiger partial charge in [0.25, 0.3) is 0 Å². The smallest absolute Gasteiger partial charge is 0.146 e. The summed E-state index contributed by atoms with van der Waals surface area (Å²) >= 11 is 0. The average Bonchev–Trinajstić information content (AvgIpc) is 2.20. The van der Waals surface area contributed by atoms with Crippen LogP contribution in [0.5, 0.6) is 11.5 Å². The van der Waals surface area contributed by atoms with Gasteiger partial charge in [-0.15, -0.1) is 0 Å². The van der Waals surface area contributed by atoms with Gasteiger partial charge in [0.15, 0.2) is 0 Å². The summed E-state index contributed by atoms with van der Waals surface area (Å²) < 4.78 is 10.6. The van der Waals surface area contributed by atoms with E-state index < -0.39 is 0 Å². The number of benzene rings is 1. The van der Waals surface area contributed by atoms with Gasteiger partial charge in [0, 0.05) is 12.6 Å². The van der Waals surface area contributed by atoms with Crippen molar-refractivity contribution in [2.24, 2.45) is 0 Å². The number of anilines is 2. The van der Waals surface area contributed by atoms with Crippen LogP contribution in [0.2, 0.25) is 0 Å². The summed E-state index contributed by atoms with van der Waals surface area (Å²) in [6.45, 7) is 1.40. The molecule has 0 fully saturated rings. The fourth-order valence-electron chi connectivity index (χ4n) is 1.24. The minimum atomic E-state index is 0.514. The lowest BCUT2D eigenvalue weighted by Gasteiger charge is -2.14. The first-order valence-corrected chi connectivity index (χ1v) is 5.05. The zero-order chi connectivity index (χ0) is 12.1. The van der Waals surface area contributed by atoms with Crippen LogP contribution in [0.25, 0.3) is 0 Å². The van der Waals surface area contributed by atoms with E-state index >= 15 is 0 Å². The molecule has 1 aromatic carbocycles. The molecule has 0 saturated carbocycles. The van der Waals surface area contributed by atoms with Gasteiger partial charge < -0.3 is 25.8 Å². The third kappa shape index (κ3) is 3.20. The van der Waals surface area contributed by atoms with Crippen LogP contribution in [0, 0.1) is 0 Å². The summed E-state index contributed by atoms with van der Waals surface area (Å²) in [6, 6.07) is 3.35. The molecule has 90 valence electrons. The number of methoxy groups -OCH3 is 1. The lowest BCUT2D eigenvalue weighted by molar-refractivity contribution is 0.261. The summed E-state index contributed by atoms with van der Waals surface area (Å²) in [6.07, 6.45) is 0. The average molecular weight is 225 g/mol. The highest BCUT2D eigenvalue weighted by atomic mass is 16.5. The topological polar surface area (TPSA) is 73.7 Å². The van der Waals surface area contributed by atoms with Crippen molar-refractivity contribution in [2.45, 2.75) is 0 Å². The van der Waals surface area contributed by atoms with Gasteiger partial charge in [-0.05, 0) is 20.2 Å². The van der Waals surface area contributed by atoms with Crippen molar-refractivity contribution in [3.63, 3.8) is 0 Å². The van der Waals surface area contributed by atoms with E-state index in [1.807, 2.05) is 19.0 Å². The number of hydrogen-bond donors (Lipinski definition) is 2. The number of nitrogen functional groups attached to an aromatic ring is 2. The first kappa shape index (κ1) is 12.4. The summed E-state index contributed by atoms with van der Waals surface area (Å²) in [5.41, 5.74) is 12.5. The van der Waals surface area contributed by atoms with Gasteiger partial charge in [0.05, 0.1) is 18.5 Å². The van der Waals surface area contributed by atoms with Crippen molar-refractivity contribution in [3.8, 4) is 11.5 Å². The quantitative estimate of drug-likeness (QED) is 0.725. The minimum Gasteiger partial charge on any atom is -0.494 e. The Labute approximate surface area is 95.9 Å². The molecule has 0 saturated heterocycles. The van der Waals surface area contributed by atoms with Crippen LogP contribution in [-0.2, 0) is 0 Å². The van der Waals surface area contributed by atoms with E-state index in [9.17, 15) is 0 Å². The van der Waals surface area contributed by atoms with Gasteiger partial charge in [0.2, 0.25) is 0 Å². The molecule has 0 atom stereocenters. The molecular weight excluding hydrogens is 206 g/mol. The third-order valence-electron chi connectivity index (χ3n) is 2.16. The van der Waals surface area contributed by atoms with Gasteiger partial charge in [0.1, 0.15) is 18.1 Å². The van der Waals surface area contributed by atoms with Crippen LogP contribution in [0.1, 0.15) is 0 Å². The lowest BCUT2D eigenvalue weighted by Crippen LogP contribution is -2.19. The zero-order valence-corrected chi connectivity index (χ0v) is 9.99. The molecule has 0 radical (unpaired) electrons. The predicted octanol–water partition coefficient (Wildman–Crippen LogP) is 0.800. The van der Waals surface area contributed by atoms with Gasteiger partial charge in [-0.25, -0.2) is 0 Å². The monoisotopic (exact) mass is 225 g/mol. The maximum absolute atomic E-state index is 5.79. The van der Waals surface area contributed by atoms with E-state index in [4.69, 9.17) is 20.9 Å². The molecule has 4 N–H and O–H groups in total. The number of ether oxygens (including phenoxy) is 2. The third-order valence-corrected chi connectivity index (χ3v) is 2.16. The molecule has 0 unspecified atom stereocenters. The molecule has 16 heavy (non-hydrogen) atoms. The van der Waals surface area contributed by atoms with Crippen LogP contribution in [0.3, 0.4) is 0 Å². The Bertz CT molecular complexity index is 353. The molecule has 0 bridgehead atoms. The fourth-order valence-corrected chi connectivity index (χ4v) is 1.24. The fraction of sp³-hybridized carbons (Fsp3) is 0.455. The number of nitrogens with zero attached hydrogens (tertiary/aromatic N) is 1. The van der Waals surface area contributed by atoms with Gasteiger partial charge in [-0.3, -0.25) is 0 Å². The van der Waals surface area contributed by atoms with Crippen LogP contribution in [0.4, 0.5) is 11.4 Å². The zero-order valence-electron chi connectivity index (χ0n) is 9.99. The molecule has 0 aliphatic heterocycles. The van der Waals surface area contributed by atoms with E-state index in [1.54, 1.807) is 19.2 Å². The molecular formula is C11H19N3O2. The minimum absolute atomic E-state index is 0.514. The van der Waals surface area contributed by atoms with Crippen LogP contribution in [-0.4, -0.2) is 39.3 Å². The Hall–Kier alpha value is -1.62. The predicted molar refractivity (Wildman–Crippen MR) is 65.9 cm³/mol. The van der Waals surface area contributed by atoms with Crippen LogP contribution >= 0.6 is 0 Å². The Morgan fingerprint density at radius 3 is 2.31 bits per heavy atom. The second-order valence-corrected chi connectivity index (χ2v) is 3.78. The van der Waals surface area contributed by atoms with E-state index in [2.05, 4.69) is 0 Å². The number of rotatable bonds is 5. The standard InChI is InChI=1S/C11H19N3O2/c1-14(2)4-5-16-11-7-10(15-3)8(12)6-9(11)13/h6-7H,4-5,12-13H2,1-3H3.